The zero-order valence-electron chi connectivity index (χ0n) is 53.8. The second kappa shape index (κ2) is 54.2. The first-order valence-electron chi connectivity index (χ1n) is 33.2. The van der Waals surface area contributed by atoms with Gasteiger partial charge < -0.3 is 33.8 Å². The summed E-state index contributed by atoms with van der Waals surface area (Å²) in [5, 5.41) is 10.5. The van der Waals surface area contributed by atoms with Gasteiger partial charge in [-0.1, -0.05) is 254 Å². The first-order chi connectivity index (χ1) is 39.6. The Kier molecular flexibility index (Phi) is 53.0. The number of hydrogen-bond donors (Lipinski definition) is 3. The topological polar surface area (TPSA) is 237 Å². The number of carbonyl (C=O) groups excluding carboxylic acids is 4. The Labute approximate surface area is 505 Å². The van der Waals surface area contributed by atoms with Crippen LogP contribution < -0.4 is 0 Å². The van der Waals surface area contributed by atoms with E-state index in [1.54, 1.807) is 0 Å². The van der Waals surface area contributed by atoms with Crippen LogP contribution in [0.15, 0.2) is 0 Å². The van der Waals surface area contributed by atoms with Gasteiger partial charge >= 0.3 is 39.5 Å². The number of phosphoric acid groups is 2. The molecule has 5 atom stereocenters. The summed E-state index contributed by atoms with van der Waals surface area (Å²) in [5.41, 5.74) is 0. The third-order valence-corrected chi connectivity index (χ3v) is 16.5. The van der Waals surface area contributed by atoms with Crippen molar-refractivity contribution in [1.29, 1.82) is 0 Å². The van der Waals surface area contributed by atoms with E-state index in [2.05, 4.69) is 55.4 Å². The molecule has 0 saturated carbocycles. The normalized spacial score (nSPS) is 14.4. The van der Waals surface area contributed by atoms with Gasteiger partial charge in [-0.05, 0) is 49.4 Å². The molecule has 0 rings (SSSR count). The number of ether oxygens (including phenoxy) is 4. The number of aliphatic hydroxyl groups excluding tert-OH is 1. The van der Waals surface area contributed by atoms with Gasteiger partial charge in [-0.15, -0.1) is 0 Å². The minimum atomic E-state index is -4.94. The minimum absolute atomic E-state index is 0.102. The zero-order valence-corrected chi connectivity index (χ0v) is 55.6. The van der Waals surface area contributed by atoms with Crippen molar-refractivity contribution in [1.82, 2.24) is 0 Å². The fraction of sp³-hybridized carbons (Fsp3) is 0.938. The Balaban J connectivity index is 5.25. The lowest BCUT2D eigenvalue weighted by atomic mass is 10.0. The molecule has 0 bridgehead atoms. The van der Waals surface area contributed by atoms with Gasteiger partial charge in [0.2, 0.25) is 0 Å². The molecule has 0 aliphatic carbocycles. The van der Waals surface area contributed by atoms with Crippen LogP contribution >= 0.6 is 15.6 Å². The van der Waals surface area contributed by atoms with Gasteiger partial charge in [0.1, 0.15) is 19.3 Å². The maximum absolute atomic E-state index is 13.0. The van der Waals surface area contributed by atoms with Crippen LogP contribution in [0, 0.1) is 23.7 Å². The van der Waals surface area contributed by atoms with Gasteiger partial charge in [-0.2, -0.15) is 0 Å². The molecule has 0 radical (unpaired) electrons. The standard InChI is InChI=1S/C64H124O17P2/c1-54(2)40-32-24-16-10-9-11-20-28-36-44-61(66)74-50-60(81-64(69)47-39-31-23-15-19-27-35-43-57(7)8)53-79-83(72,73)77-49-58(65)48-76-82(70,71)78-52-59(51-75-62(67)45-37-29-22-14-18-26-34-42-56(5)6)80-63(68)46-38-30-21-13-12-17-25-33-41-55(3)4/h54-60,65H,9-53H2,1-8H3,(H,70,71)(H,72,73)/t58?,59-,60-/m1/s1. The summed E-state index contributed by atoms with van der Waals surface area (Å²) >= 11 is 0. The number of phosphoric ester groups is 2. The van der Waals surface area contributed by atoms with Gasteiger partial charge in [-0.3, -0.25) is 37.3 Å². The van der Waals surface area contributed by atoms with Crippen molar-refractivity contribution in [2.45, 2.75) is 324 Å². The van der Waals surface area contributed by atoms with Crippen molar-refractivity contribution < 1.29 is 80.2 Å². The SMILES string of the molecule is CC(C)CCCCCCCCCCCC(=O)OC[C@H](COP(=O)(O)OCC(O)COP(=O)(O)OC[C@@H](COC(=O)CCCCCCCCCC(C)C)OC(=O)CCCCCCCCCCC(C)C)OC(=O)CCCCCCCCCC(C)C. The van der Waals surface area contributed by atoms with Crippen LogP contribution in [-0.4, -0.2) is 96.7 Å². The third kappa shape index (κ3) is 58.8. The average molecular weight is 1230 g/mol. The molecule has 19 heteroatoms. The number of unbranched alkanes of at least 4 members (excludes halogenated alkanes) is 27. The highest BCUT2D eigenvalue weighted by Crippen LogP contribution is 2.45. The second-order valence-electron chi connectivity index (χ2n) is 25.1. The molecule has 0 aromatic heterocycles. The van der Waals surface area contributed by atoms with Crippen molar-refractivity contribution in [3.8, 4) is 0 Å². The summed E-state index contributed by atoms with van der Waals surface area (Å²) in [6.07, 6.45) is 33.7. The molecule has 0 aliphatic rings. The van der Waals surface area contributed by atoms with Crippen molar-refractivity contribution in [2.24, 2.45) is 23.7 Å². The average Bonchev–Trinajstić information content (AvgIpc) is 3.46. The van der Waals surface area contributed by atoms with E-state index in [-0.39, 0.29) is 25.7 Å². The molecule has 0 aromatic rings. The van der Waals surface area contributed by atoms with Crippen molar-refractivity contribution in [2.75, 3.05) is 39.6 Å². The third-order valence-electron chi connectivity index (χ3n) is 14.6. The number of carbonyl (C=O) groups is 4. The predicted octanol–water partition coefficient (Wildman–Crippen LogP) is 17.4. The Morgan fingerprint density at radius 1 is 0.301 bits per heavy atom. The van der Waals surface area contributed by atoms with Crippen LogP contribution in [0.2, 0.25) is 0 Å². The molecule has 0 heterocycles. The highest BCUT2D eigenvalue weighted by atomic mass is 31.2. The van der Waals surface area contributed by atoms with E-state index >= 15 is 0 Å². The number of esters is 4. The fourth-order valence-electron chi connectivity index (χ4n) is 9.43. The van der Waals surface area contributed by atoms with E-state index in [1.807, 2.05) is 0 Å². The molecule has 0 aliphatic heterocycles. The number of rotatable bonds is 61. The lowest BCUT2D eigenvalue weighted by Gasteiger charge is -2.21. The van der Waals surface area contributed by atoms with Gasteiger partial charge in [0.05, 0.1) is 26.4 Å². The molecule has 3 N–H and O–H groups in total. The largest absolute Gasteiger partial charge is 0.472 e. The molecule has 83 heavy (non-hydrogen) atoms. The van der Waals surface area contributed by atoms with Crippen LogP contribution in [0.25, 0.3) is 0 Å². The second-order valence-corrected chi connectivity index (χ2v) is 28.0. The predicted molar refractivity (Wildman–Crippen MR) is 331 cm³/mol. The molecule has 0 fully saturated rings. The molecule has 0 aromatic carbocycles. The summed E-state index contributed by atoms with van der Waals surface area (Å²) in [6, 6.07) is 0. The lowest BCUT2D eigenvalue weighted by Crippen LogP contribution is -2.30. The van der Waals surface area contributed by atoms with E-state index < -0.39 is 97.5 Å². The molecular weight excluding hydrogens is 1100 g/mol. The van der Waals surface area contributed by atoms with Gasteiger partial charge in [-0.25, -0.2) is 9.13 Å². The van der Waals surface area contributed by atoms with Crippen molar-refractivity contribution in [3.63, 3.8) is 0 Å². The Morgan fingerprint density at radius 3 is 0.747 bits per heavy atom. The molecule has 0 spiro atoms. The molecule has 0 amide bonds. The summed E-state index contributed by atoms with van der Waals surface area (Å²) in [5.74, 6) is 0.721. The Bertz CT molecular complexity index is 1660. The monoisotopic (exact) mass is 1230 g/mol. The maximum atomic E-state index is 13.0. The quantitative estimate of drug-likeness (QED) is 0.0222. The molecule has 492 valence electrons. The highest BCUT2D eigenvalue weighted by molar-refractivity contribution is 7.47. The van der Waals surface area contributed by atoms with Crippen molar-refractivity contribution >= 4 is 39.5 Å². The van der Waals surface area contributed by atoms with Crippen LogP contribution in [-0.2, 0) is 65.4 Å². The zero-order chi connectivity index (χ0) is 61.8. The van der Waals surface area contributed by atoms with Gasteiger partial charge in [0.25, 0.3) is 0 Å². The van der Waals surface area contributed by atoms with Gasteiger partial charge in [0, 0.05) is 25.7 Å². The van der Waals surface area contributed by atoms with E-state index in [0.717, 1.165) is 108 Å². The highest BCUT2D eigenvalue weighted by Gasteiger charge is 2.30. The smallest absolute Gasteiger partial charge is 0.462 e. The van der Waals surface area contributed by atoms with E-state index in [9.17, 15) is 43.2 Å². The first-order valence-corrected chi connectivity index (χ1v) is 36.2. The molecule has 0 saturated heterocycles. The van der Waals surface area contributed by atoms with Gasteiger partial charge in [0.15, 0.2) is 12.2 Å². The molecule has 17 nitrogen and oxygen atoms in total. The van der Waals surface area contributed by atoms with Crippen LogP contribution in [0.5, 0.6) is 0 Å². The molecule has 3 unspecified atom stereocenters. The van der Waals surface area contributed by atoms with E-state index in [4.69, 9.17) is 37.0 Å². The minimum Gasteiger partial charge on any atom is -0.462 e. The van der Waals surface area contributed by atoms with Crippen LogP contribution in [0.1, 0.15) is 306 Å². The van der Waals surface area contributed by atoms with Crippen LogP contribution in [0.3, 0.4) is 0 Å². The summed E-state index contributed by atoms with van der Waals surface area (Å²) in [4.78, 5) is 72.2. The Hall–Kier alpha value is -1.94. The van der Waals surface area contributed by atoms with Crippen molar-refractivity contribution in [3.05, 3.63) is 0 Å². The summed E-state index contributed by atoms with van der Waals surface area (Å²) < 4.78 is 68.0. The fourth-order valence-corrected chi connectivity index (χ4v) is 11.0. The molecular formula is C64H124O17P2. The number of aliphatic hydroxyl groups is 1. The lowest BCUT2D eigenvalue weighted by molar-refractivity contribution is -0.161. The summed E-state index contributed by atoms with van der Waals surface area (Å²) in [6.45, 7) is 13.9. The maximum Gasteiger partial charge on any atom is 0.472 e. The van der Waals surface area contributed by atoms with Crippen LogP contribution in [0.4, 0.5) is 0 Å². The van der Waals surface area contributed by atoms with E-state index in [1.165, 1.54) is 103 Å². The van der Waals surface area contributed by atoms with E-state index in [0.29, 0.717) is 37.5 Å². The number of hydrogen-bond acceptors (Lipinski definition) is 15. The Morgan fingerprint density at radius 2 is 0.506 bits per heavy atom. The summed E-state index contributed by atoms with van der Waals surface area (Å²) in [7, 11) is -9.89. The first kappa shape index (κ1) is 81.1.